The van der Waals surface area contributed by atoms with E-state index in [1.807, 2.05) is 80.6 Å². The Kier molecular flexibility index (Phi) is 8.86. The highest BCUT2D eigenvalue weighted by Gasteiger charge is 2.79. The average molecular weight is 658 g/mol. The Labute approximate surface area is 287 Å². The predicted molar refractivity (Wildman–Crippen MR) is 186 cm³/mol. The number of Topliss-reactive ketones (excluding diaryl/α,β-unsaturated/α-hetero) is 1. The van der Waals surface area contributed by atoms with Crippen molar-refractivity contribution in [3.05, 3.63) is 137 Å². The minimum atomic E-state index is -2.48. The van der Waals surface area contributed by atoms with Crippen molar-refractivity contribution in [2.45, 2.75) is 82.5 Å². The number of nitrogens with one attached hydrogen (secondary N) is 2. The fourth-order valence-electron chi connectivity index (χ4n) is 8.14. The summed E-state index contributed by atoms with van der Waals surface area (Å²) in [4.78, 5) is 47.3. The summed E-state index contributed by atoms with van der Waals surface area (Å²) in [7, 11) is 0. The molecule has 3 aliphatic rings. The van der Waals surface area contributed by atoms with Gasteiger partial charge in [-0.05, 0) is 55.5 Å². The summed E-state index contributed by atoms with van der Waals surface area (Å²) in [6.45, 7) is 3.83. The highest BCUT2D eigenvalue weighted by atomic mass is 16.5. The largest absolute Gasteiger partial charge is 0.473 e. The lowest BCUT2D eigenvalue weighted by molar-refractivity contribution is -0.158. The molecule has 5 atom stereocenters. The predicted octanol–water partition coefficient (Wildman–Crippen LogP) is 5.98. The number of carbonyl (C=O) groups excluding carboxylic acids is 3. The molecule has 4 aromatic carbocycles. The number of nitrogens with zero attached hydrogens (tertiary/aromatic N) is 1. The van der Waals surface area contributed by atoms with Crippen molar-refractivity contribution >= 4 is 17.6 Å². The van der Waals surface area contributed by atoms with Gasteiger partial charge >= 0.3 is 0 Å². The first-order chi connectivity index (χ1) is 23.7. The van der Waals surface area contributed by atoms with E-state index in [4.69, 9.17) is 4.74 Å². The van der Waals surface area contributed by atoms with Crippen LogP contribution >= 0.6 is 0 Å². The van der Waals surface area contributed by atoms with Crippen LogP contribution in [-0.2, 0) is 21.7 Å². The number of aryl methyl sites for hydroxylation is 1. The summed E-state index contributed by atoms with van der Waals surface area (Å²) in [6, 6.07) is 31.0. The SMILES string of the molecule is Cc1ccc2c(c1)C(=O)[C@]1([C@@H](N[C@@H](C)c3ccccc3)O2)[C@@H](C(=O)NC2CCCCC2)N(Cc2ccccc2)C(=O)[C@]1(O)c1ccccc1. The third kappa shape index (κ3) is 5.53. The number of rotatable bonds is 8. The van der Waals surface area contributed by atoms with E-state index in [0.29, 0.717) is 5.75 Å². The maximum absolute atomic E-state index is 15.6. The number of likely N-dealkylation sites (tertiary alicyclic amines) is 1. The van der Waals surface area contributed by atoms with Gasteiger partial charge in [-0.3, -0.25) is 19.7 Å². The molecule has 2 aliphatic heterocycles. The van der Waals surface area contributed by atoms with Crippen molar-refractivity contribution in [1.29, 1.82) is 0 Å². The molecule has 4 aromatic rings. The van der Waals surface area contributed by atoms with E-state index in [2.05, 4.69) is 10.6 Å². The maximum Gasteiger partial charge on any atom is 0.261 e. The molecular formula is C41H43N3O5. The van der Waals surface area contributed by atoms with Crippen molar-refractivity contribution < 1.29 is 24.2 Å². The Balaban J connectivity index is 1.49. The molecule has 0 radical (unpaired) electrons. The van der Waals surface area contributed by atoms with Gasteiger partial charge in [-0.2, -0.15) is 0 Å². The molecule has 7 rings (SSSR count). The zero-order valence-corrected chi connectivity index (χ0v) is 28.0. The monoisotopic (exact) mass is 657 g/mol. The molecule has 0 bridgehead atoms. The van der Waals surface area contributed by atoms with Crippen LogP contribution in [0.3, 0.4) is 0 Å². The number of carbonyl (C=O) groups is 3. The van der Waals surface area contributed by atoms with Crippen LogP contribution in [0.2, 0.25) is 0 Å². The van der Waals surface area contributed by atoms with Crippen LogP contribution in [0.15, 0.2) is 109 Å². The van der Waals surface area contributed by atoms with Gasteiger partial charge in [0.05, 0.1) is 5.56 Å². The fourth-order valence-corrected chi connectivity index (χ4v) is 8.14. The Bertz CT molecular complexity index is 1830. The maximum atomic E-state index is 15.6. The zero-order chi connectivity index (χ0) is 34.2. The van der Waals surface area contributed by atoms with Gasteiger partial charge in [-0.15, -0.1) is 0 Å². The molecule has 1 saturated carbocycles. The van der Waals surface area contributed by atoms with Crippen molar-refractivity contribution in [3.63, 3.8) is 0 Å². The smallest absolute Gasteiger partial charge is 0.261 e. The van der Waals surface area contributed by atoms with Crippen molar-refractivity contribution in [2.75, 3.05) is 0 Å². The number of benzene rings is 4. The molecule has 252 valence electrons. The van der Waals surface area contributed by atoms with Gasteiger partial charge in [-0.25, -0.2) is 0 Å². The molecule has 3 N–H and O–H groups in total. The first kappa shape index (κ1) is 32.7. The molecule has 0 unspecified atom stereocenters. The van der Waals surface area contributed by atoms with Crippen LogP contribution in [0.25, 0.3) is 0 Å². The first-order valence-electron chi connectivity index (χ1n) is 17.3. The van der Waals surface area contributed by atoms with Crippen LogP contribution in [0.1, 0.15) is 77.7 Å². The summed E-state index contributed by atoms with van der Waals surface area (Å²) in [6.07, 6.45) is 3.38. The Morgan fingerprint density at radius 3 is 2.20 bits per heavy atom. The second-order valence-corrected chi connectivity index (χ2v) is 13.7. The minimum Gasteiger partial charge on any atom is -0.473 e. The fraction of sp³-hybridized carbons (Fsp3) is 0.341. The second kappa shape index (κ2) is 13.3. The van der Waals surface area contributed by atoms with Gasteiger partial charge in [0, 0.05) is 18.6 Å². The van der Waals surface area contributed by atoms with E-state index in [9.17, 15) is 5.11 Å². The van der Waals surface area contributed by atoms with E-state index in [0.717, 1.165) is 48.8 Å². The van der Waals surface area contributed by atoms with Gasteiger partial charge in [0.2, 0.25) is 5.91 Å². The van der Waals surface area contributed by atoms with Crippen LogP contribution < -0.4 is 15.4 Å². The molecule has 0 aromatic heterocycles. The standard InChI is InChI=1S/C41H43N3O5/c1-27-23-24-34-33(25-27)36(45)40(38(49-34)42-28(2)30-17-9-4-10-18-30)35(37(46)43-32-21-13-6-14-22-32)44(26-29-15-7-3-8-16-29)39(47)41(40,48)31-19-11-5-12-20-31/h3-5,7-12,15-20,23-25,28,32,35,38,42,48H,6,13-14,21-22,26H2,1-2H3,(H,43,46)/t28-,35+,38-,40-,41+/m0/s1. The van der Waals surface area contributed by atoms with E-state index in [-0.39, 0.29) is 29.8 Å². The first-order valence-corrected chi connectivity index (χ1v) is 17.3. The van der Waals surface area contributed by atoms with Gasteiger partial charge in [0.1, 0.15) is 11.8 Å². The van der Waals surface area contributed by atoms with Gasteiger partial charge < -0.3 is 20.1 Å². The van der Waals surface area contributed by atoms with E-state index < -0.39 is 40.9 Å². The normalized spacial score (nSPS) is 25.9. The molecule has 1 aliphatic carbocycles. The quantitative estimate of drug-likeness (QED) is 0.215. The highest BCUT2D eigenvalue weighted by Crippen LogP contribution is 2.59. The topological polar surface area (TPSA) is 108 Å². The third-order valence-electron chi connectivity index (χ3n) is 10.6. The lowest BCUT2D eigenvalue weighted by Crippen LogP contribution is -2.71. The molecule has 2 fully saturated rings. The number of amides is 2. The molecule has 2 heterocycles. The lowest BCUT2D eigenvalue weighted by atomic mass is 9.60. The number of fused-ring (bicyclic) bond motifs is 1. The second-order valence-electron chi connectivity index (χ2n) is 13.7. The number of hydrogen-bond acceptors (Lipinski definition) is 6. The molecule has 2 amide bonds. The summed E-state index contributed by atoms with van der Waals surface area (Å²) < 4.78 is 6.77. The van der Waals surface area contributed by atoms with Crippen LogP contribution in [0, 0.1) is 12.3 Å². The zero-order valence-electron chi connectivity index (χ0n) is 28.0. The van der Waals surface area contributed by atoms with Crippen molar-refractivity contribution in [3.8, 4) is 5.75 Å². The summed E-state index contributed by atoms with van der Waals surface area (Å²) >= 11 is 0. The summed E-state index contributed by atoms with van der Waals surface area (Å²) in [5.41, 5.74) is -1.68. The highest BCUT2D eigenvalue weighted by molar-refractivity contribution is 6.15. The Hall–Kier alpha value is -4.79. The third-order valence-corrected chi connectivity index (χ3v) is 10.6. The number of ether oxygens (including phenoxy) is 1. The molecule has 8 heteroatoms. The van der Waals surface area contributed by atoms with Gasteiger partial charge in [0.25, 0.3) is 5.91 Å². The van der Waals surface area contributed by atoms with Crippen molar-refractivity contribution in [1.82, 2.24) is 15.5 Å². The number of ketones is 1. The van der Waals surface area contributed by atoms with Crippen LogP contribution in [0.5, 0.6) is 5.75 Å². The van der Waals surface area contributed by atoms with Crippen LogP contribution in [0.4, 0.5) is 0 Å². The molecule has 1 spiro atoms. The average Bonchev–Trinajstić information content (AvgIpc) is 3.33. The molecule has 49 heavy (non-hydrogen) atoms. The molecule has 1 saturated heterocycles. The Morgan fingerprint density at radius 1 is 0.898 bits per heavy atom. The lowest BCUT2D eigenvalue weighted by Gasteiger charge is -2.50. The van der Waals surface area contributed by atoms with Crippen molar-refractivity contribution in [2.24, 2.45) is 5.41 Å². The minimum absolute atomic E-state index is 0.00817. The summed E-state index contributed by atoms with van der Waals surface area (Å²) in [5, 5.41) is 20.1. The van der Waals surface area contributed by atoms with Crippen LogP contribution in [-0.4, -0.2) is 45.9 Å². The molecular weight excluding hydrogens is 614 g/mol. The summed E-state index contributed by atoms with van der Waals surface area (Å²) in [5.74, 6) is -1.39. The Morgan fingerprint density at radius 2 is 1.53 bits per heavy atom. The van der Waals surface area contributed by atoms with E-state index in [1.54, 1.807) is 42.5 Å². The number of hydrogen-bond donors (Lipinski definition) is 3. The molecule has 8 nitrogen and oxygen atoms in total. The van der Waals surface area contributed by atoms with Gasteiger partial charge in [-0.1, -0.05) is 122 Å². The van der Waals surface area contributed by atoms with E-state index in [1.165, 1.54) is 4.90 Å². The van der Waals surface area contributed by atoms with E-state index >= 15 is 14.4 Å². The number of aliphatic hydroxyl groups is 1. The van der Waals surface area contributed by atoms with Gasteiger partial charge in [0.15, 0.2) is 23.0 Å².